The van der Waals surface area contributed by atoms with Gasteiger partial charge in [0.15, 0.2) is 0 Å². The molecule has 0 aromatic rings. The Balaban J connectivity index is 1.41. The molecule has 3 fully saturated rings. The Labute approximate surface area is 125 Å². The summed E-state index contributed by atoms with van der Waals surface area (Å²) in [5.74, 6) is 0.892. The third-order valence-electron chi connectivity index (χ3n) is 7.17. The largest absolute Gasteiger partial charge is 0.376 e. The molecule has 0 amide bonds. The third kappa shape index (κ3) is 2.43. The molecule has 3 rings (SSSR count). The smallest absolute Gasteiger partial charge is 0.0637 e. The summed E-state index contributed by atoms with van der Waals surface area (Å²) in [6.45, 7) is 9.35. The highest BCUT2D eigenvalue weighted by Crippen LogP contribution is 2.66. The zero-order valence-electron chi connectivity index (χ0n) is 13.7. The zero-order valence-corrected chi connectivity index (χ0v) is 13.7. The Morgan fingerprint density at radius 1 is 1.05 bits per heavy atom. The van der Waals surface area contributed by atoms with Crippen molar-refractivity contribution in [1.29, 1.82) is 0 Å². The quantitative estimate of drug-likeness (QED) is 0.764. The summed E-state index contributed by atoms with van der Waals surface area (Å²) >= 11 is 0. The minimum atomic E-state index is 0.419. The standard InChI is InChI=1S/C18H33NO/c1-17(2)14-9-10-18(17,3)16(13-14)20-12-11-19-15-7-5-4-6-8-15/h14-16,19H,4-13H2,1-3H3. The molecule has 0 heterocycles. The van der Waals surface area contributed by atoms with Gasteiger partial charge in [0.05, 0.1) is 12.7 Å². The van der Waals surface area contributed by atoms with Crippen LogP contribution in [0.5, 0.6) is 0 Å². The predicted octanol–water partition coefficient (Wildman–Crippen LogP) is 4.14. The molecule has 20 heavy (non-hydrogen) atoms. The first-order chi connectivity index (χ1) is 9.54. The summed E-state index contributed by atoms with van der Waals surface area (Å²) in [5.41, 5.74) is 0.900. The van der Waals surface area contributed by atoms with Crippen LogP contribution >= 0.6 is 0 Å². The van der Waals surface area contributed by atoms with Crippen molar-refractivity contribution in [2.45, 2.75) is 84.3 Å². The molecule has 0 spiro atoms. The van der Waals surface area contributed by atoms with Gasteiger partial charge in [0.25, 0.3) is 0 Å². The fraction of sp³-hybridized carbons (Fsp3) is 1.00. The van der Waals surface area contributed by atoms with E-state index in [1.165, 1.54) is 51.4 Å². The summed E-state index contributed by atoms with van der Waals surface area (Å²) < 4.78 is 6.30. The van der Waals surface area contributed by atoms with Gasteiger partial charge in [0.2, 0.25) is 0 Å². The fourth-order valence-corrected chi connectivity index (χ4v) is 5.15. The van der Waals surface area contributed by atoms with Crippen LogP contribution in [0.25, 0.3) is 0 Å². The van der Waals surface area contributed by atoms with Gasteiger partial charge >= 0.3 is 0 Å². The van der Waals surface area contributed by atoms with Crippen molar-refractivity contribution < 1.29 is 4.74 Å². The van der Waals surface area contributed by atoms with Gasteiger partial charge in [0, 0.05) is 12.6 Å². The molecule has 0 aromatic carbocycles. The first-order valence-electron chi connectivity index (χ1n) is 8.89. The highest BCUT2D eigenvalue weighted by Gasteiger charge is 2.61. The summed E-state index contributed by atoms with van der Waals surface area (Å²) in [6.07, 6.45) is 11.6. The summed E-state index contributed by atoms with van der Waals surface area (Å²) in [4.78, 5) is 0. The number of fused-ring (bicyclic) bond motifs is 2. The second-order valence-corrected chi connectivity index (χ2v) is 8.26. The number of ether oxygens (including phenoxy) is 1. The maximum absolute atomic E-state index is 6.30. The number of hydrogen-bond donors (Lipinski definition) is 1. The molecule has 3 aliphatic rings. The Morgan fingerprint density at radius 3 is 2.40 bits per heavy atom. The van der Waals surface area contributed by atoms with E-state index in [0.717, 1.165) is 25.1 Å². The molecule has 3 atom stereocenters. The summed E-state index contributed by atoms with van der Waals surface area (Å²) in [7, 11) is 0. The van der Waals surface area contributed by atoms with Crippen molar-refractivity contribution in [3.8, 4) is 0 Å². The van der Waals surface area contributed by atoms with Crippen LogP contribution in [0.4, 0.5) is 0 Å². The van der Waals surface area contributed by atoms with Gasteiger partial charge in [0.1, 0.15) is 0 Å². The van der Waals surface area contributed by atoms with E-state index in [0.29, 0.717) is 16.9 Å². The summed E-state index contributed by atoms with van der Waals surface area (Å²) in [5, 5.41) is 3.70. The molecular weight excluding hydrogens is 246 g/mol. The lowest BCUT2D eigenvalue weighted by atomic mass is 9.70. The lowest BCUT2D eigenvalue weighted by molar-refractivity contribution is -0.0455. The van der Waals surface area contributed by atoms with Crippen LogP contribution in [0.1, 0.15) is 72.1 Å². The average molecular weight is 279 g/mol. The molecule has 2 heteroatoms. The van der Waals surface area contributed by atoms with Gasteiger partial charge in [-0.15, -0.1) is 0 Å². The van der Waals surface area contributed by atoms with Gasteiger partial charge in [-0.25, -0.2) is 0 Å². The van der Waals surface area contributed by atoms with Crippen molar-refractivity contribution in [2.75, 3.05) is 13.2 Å². The van der Waals surface area contributed by atoms with Crippen molar-refractivity contribution in [3.05, 3.63) is 0 Å². The minimum absolute atomic E-state index is 0.419. The normalized spacial score (nSPS) is 40.4. The molecule has 0 aliphatic heterocycles. The van der Waals surface area contributed by atoms with E-state index in [-0.39, 0.29) is 0 Å². The zero-order chi connectivity index (χ0) is 14.2. The summed E-state index contributed by atoms with van der Waals surface area (Å²) in [6, 6.07) is 0.763. The Kier molecular flexibility index (Phi) is 4.16. The molecule has 3 aliphatic carbocycles. The Hall–Kier alpha value is -0.0800. The van der Waals surface area contributed by atoms with Crippen LogP contribution in [0.15, 0.2) is 0 Å². The number of nitrogens with one attached hydrogen (secondary N) is 1. The molecule has 0 radical (unpaired) electrons. The van der Waals surface area contributed by atoms with Crippen LogP contribution in [0, 0.1) is 16.7 Å². The van der Waals surface area contributed by atoms with Crippen LogP contribution in [0.2, 0.25) is 0 Å². The molecule has 116 valence electrons. The predicted molar refractivity (Wildman–Crippen MR) is 83.8 cm³/mol. The van der Waals surface area contributed by atoms with Crippen molar-refractivity contribution in [1.82, 2.24) is 5.32 Å². The number of rotatable bonds is 5. The highest BCUT2D eigenvalue weighted by molar-refractivity contribution is 5.11. The van der Waals surface area contributed by atoms with E-state index < -0.39 is 0 Å². The van der Waals surface area contributed by atoms with Crippen LogP contribution in [-0.4, -0.2) is 25.3 Å². The molecule has 3 saturated carbocycles. The van der Waals surface area contributed by atoms with E-state index in [1.807, 2.05) is 0 Å². The molecule has 0 saturated heterocycles. The van der Waals surface area contributed by atoms with Gasteiger partial charge in [-0.05, 0) is 48.9 Å². The highest BCUT2D eigenvalue weighted by atomic mass is 16.5. The minimum Gasteiger partial charge on any atom is -0.376 e. The van der Waals surface area contributed by atoms with Crippen LogP contribution < -0.4 is 5.32 Å². The maximum Gasteiger partial charge on any atom is 0.0637 e. The molecule has 3 unspecified atom stereocenters. The average Bonchev–Trinajstić information content (AvgIpc) is 2.78. The molecule has 1 N–H and O–H groups in total. The number of hydrogen-bond acceptors (Lipinski definition) is 2. The third-order valence-corrected chi connectivity index (χ3v) is 7.17. The van der Waals surface area contributed by atoms with Gasteiger partial charge < -0.3 is 10.1 Å². The van der Waals surface area contributed by atoms with Crippen LogP contribution in [0.3, 0.4) is 0 Å². The van der Waals surface area contributed by atoms with Crippen LogP contribution in [-0.2, 0) is 4.74 Å². The van der Waals surface area contributed by atoms with E-state index in [4.69, 9.17) is 4.74 Å². The molecule has 2 nitrogen and oxygen atoms in total. The second-order valence-electron chi connectivity index (χ2n) is 8.26. The SMILES string of the molecule is CC1(C)C2CCC1(C)C(OCCNC1CCCCC1)C2. The van der Waals surface area contributed by atoms with E-state index >= 15 is 0 Å². The van der Waals surface area contributed by atoms with Crippen molar-refractivity contribution in [3.63, 3.8) is 0 Å². The molecule has 2 bridgehead atoms. The Morgan fingerprint density at radius 2 is 1.80 bits per heavy atom. The lowest BCUT2D eigenvalue weighted by Gasteiger charge is -2.39. The van der Waals surface area contributed by atoms with E-state index in [2.05, 4.69) is 26.1 Å². The van der Waals surface area contributed by atoms with Gasteiger partial charge in [-0.3, -0.25) is 0 Å². The van der Waals surface area contributed by atoms with Crippen molar-refractivity contribution >= 4 is 0 Å². The fourth-order valence-electron chi connectivity index (χ4n) is 5.15. The van der Waals surface area contributed by atoms with E-state index in [1.54, 1.807) is 0 Å². The first kappa shape index (κ1) is 14.8. The van der Waals surface area contributed by atoms with Crippen molar-refractivity contribution in [2.24, 2.45) is 16.7 Å². The maximum atomic E-state index is 6.30. The molecular formula is C18H33NO. The topological polar surface area (TPSA) is 21.3 Å². The molecule has 0 aromatic heterocycles. The first-order valence-corrected chi connectivity index (χ1v) is 8.89. The monoisotopic (exact) mass is 279 g/mol. The second kappa shape index (κ2) is 5.61. The van der Waals surface area contributed by atoms with Gasteiger partial charge in [-0.1, -0.05) is 40.0 Å². The van der Waals surface area contributed by atoms with Gasteiger partial charge in [-0.2, -0.15) is 0 Å². The lowest BCUT2D eigenvalue weighted by Crippen LogP contribution is -2.39. The van der Waals surface area contributed by atoms with E-state index in [9.17, 15) is 0 Å². The Bertz CT molecular complexity index is 334.